The highest BCUT2D eigenvalue weighted by Gasteiger charge is 2.20. The van der Waals surface area contributed by atoms with Crippen LogP contribution in [0.2, 0.25) is 0 Å². The first-order valence-electron chi connectivity index (χ1n) is 11.1. The molecule has 0 atom stereocenters. The lowest BCUT2D eigenvalue weighted by atomic mass is 10.2. The average molecular weight is 572 g/mol. The summed E-state index contributed by atoms with van der Waals surface area (Å²) in [6, 6.07) is 10.2. The number of hydrogen-bond acceptors (Lipinski definition) is 7. The topological polar surface area (TPSA) is 78.6 Å². The van der Waals surface area contributed by atoms with Crippen LogP contribution in [0.4, 0.5) is 0 Å². The number of halogens is 1. The van der Waals surface area contributed by atoms with Gasteiger partial charge >= 0.3 is 0 Å². The summed E-state index contributed by atoms with van der Waals surface area (Å²) in [4.78, 5) is 11.4. The fourth-order valence-electron chi connectivity index (χ4n) is 3.60. The Morgan fingerprint density at radius 1 is 1.18 bits per heavy atom. The van der Waals surface area contributed by atoms with Crippen LogP contribution in [-0.4, -0.2) is 99.5 Å². The first-order chi connectivity index (χ1) is 15.7. The van der Waals surface area contributed by atoms with Crippen LogP contribution in [0.5, 0.6) is 5.75 Å². The molecule has 0 aliphatic carbocycles. The molecule has 1 fully saturated rings. The number of aromatic nitrogens is 1. The van der Waals surface area contributed by atoms with Crippen molar-refractivity contribution in [2.75, 3.05) is 73.7 Å². The number of piperazine rings is 1. The standard InChI is InChI=1S/C23H36N6O3.HI/c1-24-23(29-10-8-28(9-11-29)19-21-7-14-32-26-21)25-18-20-5-4-6-22(17-20)31-16-13-27(2)12-15-30-3;/h4-7,14,17H,8-13,15-16,18-19H2,1-3H3,(H,24,25);1H. The van der Waals surface area contributed by atoms with Gasteiger partial charge in [-0.2, -0.15) is 0 Å². The number of nitrogens with zero attached hydrogens (tertiary/aromatic N) is 5. The number of hydrogen-bond donors (Lipinski definition) is 1. The highest BCUT2D eigenvalue weighted by molar-refractivity contribution is 14.0. The normalized spacial score (nSPS) is 14.9. The number of guanidine groups is 1. The Hall–Kier alpha value is -1.89. The van der Waals surface area contributed by atoms with Crippen LogP contribution in [0.3, 0.4) is 0 Å². The van der Waals surface area contributed by atoms with Gasteiger partial charge in [-0.25, -0.2) is 0 Å². The SMILES string of the molecule is CN=C(NCc1cccc(OCCN(C)CCOC)c1)N1CCN(Cc2ccon2)CC1.I. The van der Waals surface area contributed by atoms with E-state index >= 15 is 0 Å². The van der Waals surface area contributed by atoms with E-state index in [1.54, 1.807) is 13.4 Å². The minimum atomic E-state index is 0. The molecule has 1 aromatic carbocycles. The largest absolute Gasteiger partial charge is 0.492 e. The molecule has 2 aromatic rings. The predicted molar refractivity (Wildman–Crippen MR) is 140 cm³/mol. The zero-order valence-corrected chi connectivity index (χ0v) is 22.2. The van der Waals surface area contributed by atoms with Gasteiger partial charge in [0.2, 0.25) is 0 Å². The molecule has 1 saturated heterocycles. The lowest BCUT2D eigenvalue weighted by Gasteiger charge is -2.36. The third kappa shape index (κ3) is 9.48. The average Bonchev–Trinajstić information content (AvgIpc) is 3.32. The van der Waals surface area contributed by atoms with Crippen molar-refractivity contribution in [2.24, 2.45) is 4.99 Å². The lowest BCUT2D eigenvalue weighted by molar-refractivity contribution is 0.150. The van der Waals surface area contributed by atoms with Gasteiger partial charge in [0.25, 0.3) is 0 Å². The molecular weight excluding hydrogens is 535 g/mol. The Morgan fingerprint density at radius 3 is 2.67 bits per heavy atom. The summed E-state index contributed by atoms with van der Waals surface area (Å²) < 4.78 is 16.0. The lowest BCUT2D eigenvalue weighted by Crippen LogP contribution is -2.52. The number of ether oxygens (including phenoxy) is 2. The van der Waals surface area contributed by atoms with Crippen molar-refractivity contribution in [1.29, 1.82) is 0 Å². The fourth-order valence-corrected chi connectivity index (χ4v) is 3.60. The van der Waals surface area contributed by atoms with E-state index in [1.165, 1.54) is 5.56 Å². The molecule has 0 spiro atoms. The van der Waals surface area contributed by atoms with Crippen LogP contribution >= 0.6 is 24.0 Å². The zero-order chi connectivity index (χ0) is 22.6. The summed E-state index contributed by atoms with van der Waals surface area (Å²) >= 11 is 0. The maximum Gasteiger partial charge on any atom is 0.194 e. The van der Waals surface area contributed by atoms with E-state index in [-0.39, 0.29) is 24.0 Å². The Bertz CT molecular complexity index is 812. The van der Waals surface area contributed by atoms with Gasteiger partial charge in [0.15, 0.2) is 5.96 Å². The van der Waals surface area contributed by atoms with E-state index in [0.29, 0.717) is 13.2 Å². The van der Waals surface area contributed by atoms with Crippen LogP contribution in [0, 0.1) is 0 Å². The molecule has 33 heavy (non-hydrogen) atoms. The van der Waals surface area contributed by atoms with Gasteiger partial charge in [0, 0.05) is 72.6 Å². The molecule has 1 aliphatic rings. The van der Waals surface area contributed by atoms with E-state index < -0.39 is 0 Å². The quantitative estimate of drug-likeness (QED) is 0.250. The molecule has 1 N–H and O–H groups in total. The van der Waals surface area contributed by atoms with Gasteiger partial charge < -0.3 is 29.1 Å². The molecule has 184 valence electrons. The third-order valence-corrected chi connectivity index (χ3v) is 5.53. The molecule has 0 amide bonds. The number of aliphatic imine (C=N–C) groups is 1. The highest BCUT2D eigenvalue weighted by Crippen LogP contribution is 2.14. The Kier molecular flexibility index (Phi) is 12.5. The fraction of sp³-hybridized carbons (Fsp3) is 0.565. The van der Waals surface area contributed by atoms with E-state index in [1.807, 2.05) is 25.2 Å². The molecule has 0 unspecified atom stereocenters. The molecular formula is C23H37IN6O3. The molecule has 0 saturated carbocycles. The van der Waals surface area contributed by atoms with Crippen molar-refractivity contribution in [3.05, 3.63) is 47.9 Å². The Morgan fingerprint density at radius 2 is 1.97 bits per heavy atom. The molecule has 1 aromatic heterocycles. The maximum atomic E-state index is 5.93. The van der Waals surface area contributed by atoms with Gasteiger partial charge in [-0.15, -0.1) is 24.0 Å². The van der Waals surface area contributed by atoms with E-state index in [4.69, 9.17) is 14.0 Å². The second-order valence-corrected chi connectivity index (χ2v) is 7.95. The first kappa shape index (κ1) is 27.4. The minimum absolute atomic E-state index is 0. The van der Waals surface area contributed by atoms with Crippen LogP contribution in [0.15, 0.2) is 46.1 Å². The highest BCUT2D eigenvalue weighted by atomic mass is 127. The summed E-state index contributed by atoms with van der Waals surface area (Å²) in [6.45, 7) is 8.47. The van der Waals surface area contributed by atoms with Crippen molar-refractivity contribution in [3.63, 3.8) is 0 Å². The maximum absolute atomic E-state index is 5.93. The van der Waals surface area contributed by atoms with Crippen molar-refractivity contribution in [2.45, 2.75) is 13.1 Å². The minimum Gasteiger partial charge on any atom is -0.492 e. The third-order valence-electron chi connectivity index (χ3n) is 5.53. The molecule has 10 heteroatoms. The molecule has 0 radical (unpaired) electrons. The van der Waals surface area contributed by atoms with E-state index in [0.717, 1.165) is 69.8 Å². The Balaban J connectivity index is 0.00000385. The van der Waals surface area contributed by atoms with Gasteiger partial charge in [0.05, 0.1) is 12.3 Å². The summed E-state index contributed by atoms with van der Waals surface area (Å²) in [5, 5.41) is 7.50. The van der Waals surface area contributed by atoms with Crippen LogP contribution in [0.1, 0.15) is 11.3 Å². The van der Waals surface area contributed by atoms with Gasteiger partial charge in [-0.05, 0) is 24.7 Å². The van der Waals surface area contributed by atoms with E-state index in [2.05, 4.69) is 49.3 Å². The van der Waals surface area contributed by atoms with Crippen LogP contribution < -0.4 is 10.1 Å². The van der Waals surface area contributed by atoms with Crippen molar-refractivity contribution < 1.29 is 14.0 Å². The van der Waals surface area contributed by atoms with Crippen LogP contribution in [0.25, 0.3) is 0 Å². The number of benzene rings is 1. The first-order valence-corrected chi connectivity index (χ1v) is 11.1. The zero-order valence-electron chi connectivity index (χ0n) is 19.9. The molecule has 1 aliphatic heterocycles. The summed E-state index contributed by atoms with van der Waals surface area (Å²) in [7, 11) is 5.63. The second-order valence-electron chi connectivity index (χ2n) is 7.95. The van der Waals surface area contributed by atoms with Gasteiger partial charge in [-0.3, -0.25) is 9.89 Å². The van der Waals surface area contributed by atoms with E-state index in [9.17, 15) is 0 Å². The Labute approximate surface area is 214 Å². The number of nitrogens with one attached hydrogen (secondary N) is 1. The summed E-state index contributed by atoms with van der Waals surface area (Å²) in [6.07, 6.45) is 1.62. The smallest absolute Gasteiger partial charge is 0.194 e. The van der Waals surface area contributed by atoms with Crippen molar-refractivity contribution in [3.8, 4) is 5.75 Å². The second kappa shape index (κ2) is 15.1. The molecule has 0 bridgehead atoms. The van der Waals surface area contributed by atoms with Crippen LogP contribution in [-0.2, 0) is 17.8 Å². The van der Waals surface area contributed by atoms with Gasteiger partial charge in [0.1, 0.15) is 18.6 Å². The number of rotatable bonds is 11. The number of likely N-dealkylation sites (N-methyl/N-ethyl adjacent to an activating group) is 1. The molecule has 2 heterocycles. The summed E-state index contributed by atoms with van der Waals surface area (Å²) in [5.74, 6) is 1.82. The van der Waals surface area contributed by atoms with Gasteiger partial charge in [-0.1, -0.05) is 17.3 Å². The molecule has 9 nitrogen and oxygen atoms in total. The van der Waals surface area contributed by atoms with Crippen molar-refractivity contribution in [1.82, 2.24) is 25.2 Å². The predicted octanol–water partition coefficient (Wildman–Crippen LogP) is 2.14. The monoisotopic (exact) mass is 572 g/mol. The van der Waals surface area contributed by atoms with Crippen molar-refractivity contribution >= 4 is 29.9 Å². The molecule has 3 rings (SSSR count). The summed E-state index contributed by atoms with van der Waals surface area (Å²) in [5.41, 5.74) is 2.14. The number of methoxy groups -OCH3 is 1.